The third-order valence-electron chi connectivity index (χ3n) is 3.12. The Labute approximate surface area is 138 Å². The summed E-state index contributed by atoms with van der Waals surface area (Å²) in [5, 5.41) is 0. The molecule has 0 N–H and O–H groups in total. The Hall–Kier alpha value is -1.66. The van der Waals surface area contributed by atoms with Gasteiger partial charge in [0.2, 0.25) is 0 Å². The Kier molecular flexibility index (Phi) is 4.72. The molecule has 2 aromatic carbocycles. The van der Waals surface area contributed by atoms with E-state index in [2.05, 4.69) is 15.9 Å². The van der Waals surface area contributed by atoms with E-state index in [4.69, 9.17) is 4.18 Å². The van der Waals surface area contributed by atoms with Crippen LogP contribution < -0.4 is 4.18 Å². The fourth-order valence-corrected chi connectivity index (χ4v) is 3.61. The van der Waals surface area contributed by atoms with Crippen LogP contribution in [0.1, 0.15) is 28.4 Å². The second kappa shape index (κ2) is 6.22. The minimum absolute atomic E-state index is 0.0238. The van der Waals surface area contributed by atoms with Crippen molar-refractivity contribution in [2.24, 2.45) is 0 Å². The van der Waals surface area contributed by atoms with Gasteiger partial charge in [-0.15, -0.1) is 0 Å². The molecule has 0 heterocycles. The first-order valence-electron chi connectivity index (χ1n) is 6.53. The highest BCUT2D eigenvalue weighted by molar-refractivity contribution is 9.10. The fourth-order valence-electron chi connectivity index (χ4n) is 2.09. The number of ketones is 1. The SMILES string of the molecule is CC(=O)c1cc(Br)ccc1OS(=O)(=O)c1ccc(C)cc1C. The summed E-state index contributed by atoms with van der Waals surface area (Å²) in [4.78, 5) is 11.7. The van der Waals surface area contributed by atoms with E-state index in [0.717, 1.165) is 5.56 Å². The van der Waals surface area contributed by atoms with E-state index in [0.29, 0.717) is 10.0 Å². The maximum atomic E-state index is 12.4. The maximum Gasteiger partial charge on any atom is 0.339 e. The van der Waals surface area contributed by atoms with Crippen LogP contribution in [0.5, 0.6) is 5.75 Å². The molecule has 0 unspecified atom stereocenters. The molecule has 0 spiro atoms. The lowest BCUT2D eigenvalue weighted by Gasteiger charge is -2.12. The van der Waals surface area contributed by atoms with Crippen molar-refractivity contribution >= 4 is 31.8 Å². The van der Waals surface area contributed by atoms with Gasteiger partial charge < -0.3 is 4.18 Å². The van der Waals surface area contributed by atoms with Crippen molar-refractivity contribution in [1.82, 2.24) is 0 Å². The summed E-state index contributed by atoms with van der Waals surface area (Å²) >= 11 is 3.25. The van der Waals surface area contributed by atoms with Gasteiger partial charge in [-0.2, -0.15) is 8.42 Å². The molecular formula is C16H15BrO4S. The van der Waals surface area contributed by atoms with Crippen LogP contribution in [-0.2, 0) is 10.1 Å². The molecule has 0 saturated heterocycles. The predicted octanol–water partition coefficient (Wildman–Crippen LogP) is 4.04. The Balaban J connectivity index is 2.47. The molecule has 0 fully saturated rings. The van der Waals surface area contributed by atoms with Gasteiger partial charge in [-0.05, 0) is 50.6 Å². The van der Waals surface area contributed by atoms with E-state index in [1.54, 1.807) is 25.1 Å². The van der Waals surface area contributed by atoms with E-state index in [-0.39, 0.29) is 22.0 Å². The topological polar surface area (TPSA) is 60.4 Å². The molecule has 2 aromatic rings. The van der Waals surface area contributed by atoms with Crippen molar-refractivity contribution in [2.75, 3.05) is 0 Å². The summed E-state index contributed by atoms with van der Waals surface area (Å²) in [5.74, 6) is -0.247. The van der Waals surface area contributed by atoms with Gasteiger partial charge in [0.1, 0.15) is 4.90 Å². The van der Waals surface area contributed by atoms with E-state index in [1.165, 1.54) is 25.1 Å². The van der Waals surface area contributed by atoms with Crippen molar-refractivity contribution in [3.63, 3.8) is 0 Å². The van der Waals surface area contributed by atoms with Gasteiger partial charge in [-0.1, -0.05) is 33.6 Å². The number of Topliss-reactive ketones (excluding diaryl/α,β-unsaturated/α-hetero) is 1. The van der Waals surface area contributed by atoms with Crippen molar-refractivity contribution in [3.8, 4) is 5.75 Å². The third kappa shape index (κ3) is 3.56. The quantitative estimate of drug-likeness (QED) is 0.591. The van der Waals surface area contributed by atoms with Crippen LogP contribution in [0.25, 0.3) is 0 Å². The first kappa shape index (κ1) is 16.7. The first-order valence-corrected chi connectivity index (χ1v) is 8.73. The van der Waals surface area contributed by atoms with Crippen molar-refractivity contribution in [3.05, 3.63) is 57.6 Å². The summed E-state index contributed by atoms with van der Waals surface area (Å²) in [6.45, 7) is 4.95. The maximum absolute atomic E-state index is 12.4. The van der Waals surface area contributed by atoms with E-state index in [1.807, 2.05) is 6.92 Å². The molecule has 6 heteroatoms. The number of rotatable bonds is 4. The number of benzene rings is 2. The van der Waals surface area contributed by atoms with Gasteiger partial charge in [0.05, 0.1) is 5.56 Å². The first-order chi connectivity index (χ1) is 10.2. The zero-order valence-corrected chi connectivity index (χ0v) is 14.8. The lowest BCUT2D eigenvalue weighted by atomic mass is 10.1. The highest BCUT2D eigenvalue weighted by Gasteiger charge is 2.22. The highest BCUT2D eigenvalue weighted by atomic mass is 79.9. The zero-order chi connectivity index (χ0) is 16.5. The molecule has 4 nitrogen and oxygen atoms in total. The summed E-state index contributed by atoms with van der Waals surface area (Å²) in [6.07, 6.45) is 0. The number of hydrogen-bond donors (Lipinski definition) is 0. The number of carbonyl (C=O) groups excluding carboxylic acids is 1. The average Bonchev–Trinajstić information content (AvgIpc) is 2.39. The molecular weight excluding hydrogens is 368 g/mol. The normalized spacial score (nSPS) is 11.3. The molecule has 0 aromatic heterocycles. The minimum atomic E-state index is -4.00. The van der Waals surface area contributed by atoms with Crippen LogP contribution in [0, 0.1) is 13.8 Å². The van der Waals surface area contributed by atoms with Crippen molar-refractivity contribution in [2.45, 2.75) is 25.7 Å². The van der Waals surface area contributed by atoms with E-state index >= 15 is 0 Å². The van der Waals surface area contributed by atoms with Crippen molar-refractivity contribution < 1.29 is 17.4 Å². The Bertz CT molecular complexity index is 841. The summed E-state index contributed by atoms with van der Waals surface area (Å²) in [5.41, 5.74) is 1.77. The Morgan fingerprint density at radius 3 is 2.36 bits per heavy atom. The summed E-state index contributed by atoms with van der Waals surface area (Å²) in [6, 6.07) is 9.60. The van der Waals surface area contributed by atoms with Crippen LogP contribution in [0.4, 0.5) is 0 Å². The third-order valence-corrected chi connectivity index (χ3v) is 5.01. The van der Waals surface area contributed by atoms with Crippen LogP contribution in [0.15, 0.2) is 45.8 Å². The second-order valence-electron chi connectivity index (χ2n) is 5.00. The monoisotopic (exact) mass is 382 g/mol. The Morgan fingerprint density at radius 2 is 1.77 bits per heavy atom. The van der Waals surface area contributed by atoms with Gasteiger partial charge in [0.15, 0.2) is 11.5 Å². The summed E-state index contributed by atoms with van der Waals surface area (Å²) < 4.78 is 30.8. The molecule has 0 atom stereocenters. The second-order valence-corrected chi connectivity index (χ2v) is 7.43. The number of halogens is 1. The van der Waals surface area contributed by atoms with Gasteiger partial charge in [-0.25, -0.2) is 0 Å². The van der Waals surface area contributed by atoms with Gasteiger partial charge >= 0.3 is 10.1 Å². The molecule has 0 aliphatic rings. The average molecular weight is 383 g/mol. The van der Waals surface area contributed by atoms with Crippen LogP contribution in [-0.4, -0.2) is 14.2 Å². The van der Waals surface area contributed by atoms with E-state index in [9.17, 15) is 13.2 Å². The zero-order valence-electron chi connectivity index (χ0n) is 12.4. The molecule has 0 bridgehead atoms. The molecule has 0 aliphatic carbocycles. The molecule has 116 valence electrons. The minimum Gasteiger partial charge on any atom is -0.378 e. The molecule has 0 amide bonds. The lowest BCUT2D eigenvalue weighted by Crippen LogP contribution is -2.13. The van der Waals surface area contributed by atoms with Crippen LogP contribution >= 0.6 is 15.9 Å². The fraction of sp³-hybridized carbons (Fsp3) is 0.188. The number of aryl methyl sites for hydroxylation is 2. The molecule has 0 radical (unpaired) electrons. The van der Waals surface area contributed by atoms with Crippen LogP contribution in [0.3, 0.4) is 0 Å². The molecule has 0 aliphatic heterocycles. The standard InChI is InChI=1S/C16H15BrO4S/c1-10-4-7-16(11(2)8-10)22(19,20)21-15-6-5-13(17)9-14(15)12(3)18/h4-9H,1-3H3. The van der Waals surface area contributed by atoms with Gasteiger partial charge in [0.25, 0.3) is 0 Å². The molecule has 22 heavy (non-hydrogen) atoms. The molecule has 2 rings (SSSR count). The smallest absolute Gasteiger partial charge is 0.339 e. The predicted molar refractivity (Wildman–Crippen MR) is 87.9 cm³/mol. The number of carbonyl (C=O) groups is 1. The van der Waals surface area contributed by atoms with Crippen LogP contribution in [0.2, 0.25) is 0 Å². The lowest BCUT2D eigenvalue weighted by molar-refractivity contribution is 0.101. The van der Waals surface area contributed by atoms with E-state index < -0.39 is 10.1 Å². The van der Waals surface area contributed by atoms with Gasteiger partial charge in [-0.3, -0.25) is 4.79 Å². The van der Waals surface area contributed by atoms with Gasteiger partial charge in [0, 0.05) is 4.47 Å². The Morgan fingerprint density at radius 1 is 1.09 bits per heavy atom. The largest absolute Gasteiger partial charge is 0.378 e. The number of hydrogen-bond acceptors (Lipinski definition) is 4. The van der Waals surface area contributed by atoms with Crippen molar-refractivity contribution in [1.29, 1.82) is 0 Å². The molecule has 0 saturated carbocycles. The summed E-state index contributed by atoms with van der Waals surface area (Å²) in [7, 11) is -4.00. The highest BCUT2D eigenvalue weighted by Crippen LogP contribution is 2.28.